The van der Waals surface area contributed by atoms with Crippen LogP contribution in [-0.2, 0) is 12.8 Å². The molecule has 0 radical (unpaired) electrons. The minimum atomic E-state index is -0.294. The van der Waals surface area contributed by atoms with Gasteiger partial charge >= 0.3 is 5.63 Å². The van der Waals surface area contributed by atoms with Crippen LogP contribution in [0.4, 0.5) is 0 Å². The van der Waals surface area contributed by atoms with Crippen molar-refractivity contribution in [2.24, 2.45) is 0 Å². The fourth-order valence-electron chi connectivity index (χ4n) is 2.09. The summed E-state index contributed by atoms with van der Waals surface area (Å²) in [5, 5.41) is 10.5. The molecule has 2 aromatic rings. The molecule has 0 aliphatic rings. The summed E-state index contributed by atoms with van der Waals surface area (Å²) in [6, 6.07) is 4.99. The van der Waals surface area contributed by atoms with Crippen molar-refractivity contribution < 1.29 is 9.52 Å². The summed E-state index contributed by atoms with van der Waals surface area (Å²) in [7, 11) is 0. The van der Waals surface area contributed by atoms with Crippen LogP contribution in [0.2, 0.25) is 0 Å². The lowest BCUT2D eigenvalue weighted by Crippen LogP contribution is -2.10. The first-order valence-corrected chi connectivity index (χ1v) is 5.45. The Morgan fingerprint density at radius 1 is 1.19 bits per heavy atom. The Hall–Kier alpha value is -1.77. The van der Waals surface area contributed by atoms with E-state index >= 15 is 0 Å². The number of fused-ring (bicyclic) bond motifs is 1. The summed E-state index contributed by atoms with van der Waals surface area (Å²) in [6.07, 6.45) is 1.33. The van der Waals surface area contributed by atoms with Gasteiger partial charge in [0, 0.05) is 5.56 Å². The Balaban J connectivity index is 2.98. The maximum absolute atomic E-state index is 11.7. The van der Waals surface area contributed by atoms with Gasteiger partial charge < -0.3 is 9.52 Å². The van der Waals surface area contributed by atoms with E-state index in [-0.39, 0.29) is 11.4 Å². The highest BCUT2D eigenvalue weighted by Crippen LogP contribution is 2.29. The molecule has 0 saturated heterocycles. The lowest BCUT2D eigenvalue weighted by molar-refractivity contribution is 0.477. The first kappa shape index (κ1) is 10.7. The summed E-state index contributed by atoms with van der Waals surface area (Å²) >= 11 is 0. The highest BCUT2D eigenvalue weighted by Gasteiger charge is 2.14. The predicted molar refractivity (Wildman–Crippen MR) is 62.9 cm³/mol. The smallest absolute Gasteiger partial charge is 0.339 e. The summed E-state index contributed by atoms with van der Waals surface area (Å²) in [4.78, 5) is 11.7. The molecule has 1 heterocycles. The lowest BCUT2D eigenvalue weighted by atomic mass is 10.00. The SMILES string of the molecule is CCc1c(CC)c2c(O)cccc2oc1=O. The molecule has 0 amide bonds. The Bertz CT molecular complexity index is 581. The van der Waals surface area contributed by atoms with Gasteiger partial charge in [-0.1, -0.05) is 19.9 Å². The molecule has 0 aliphatic carbocycles. The monoisotopic (exact) mass is 218 g/mol. The second-order valence-electron chi connectivity index (χ2n) is 3.70. The Kier molecular flexibility index (Phi) is 2.69. The van der Waals surface area contributed by atoms with E-state index in [0.717, 1.165) is 5.56 Å². The largest absolute Gasteiger partial charge is 0.507 e. The van der Waals surface area contributed by atoms with Crippen molar-refractivity contribution in [1.29, 1.82) is 0 Å². The van der Waals surface area contributed by atoms with Crippen LogP contribution in [0.5, 0.6) is 5.75 Å². The van der Waals surface area contributed by atoms with Crippen molar-refractivity contribution >= 4 is 11.0 Å². The number of hydrogen-bond donors (Lipinski definition) is 1. The van der Waals surface area contributed by atoms with Gasteiger partial charge in [-0.15, -0.1) is 0 Å². The van der Waals surface area contributed by atoms with E-state index < -0.39 is 0 Å². The Labute approximate surface area is 93.3 Å². The third kappa shape index (κ3) is 1.48. The van der Waals surface area contributed by atoms with Crippen molar-refractivity contribution in [3.8, 4) is 5.75 Å². The fourth-order valence-corrected chi connectivity index (χ4v) is 2.09. The number of aromatic hydroxyl groups is 1. The van der Waals surface area contributed by atoms with E-state index in [0.29, 0.717) is 29.4 Å². The molecule has 16 heavy (non-hydrogen) atoms. The topological polar surface area (TPSA) is 50.4 Å². The van der Waals surface area contributed by atoms with Crippen LogP contribution in [-0.4, -0.2) is 5.11 Å². The van der Waals surface area contributed by atoms with Crippen LogP contribution in [0.25, 0.3) is 11.0 Å². The standard InChI is InChI=1S/C13H14O3/c1-3-8-9(4-2)13(15)16-11-7-5-6-10(14)12(8)11/h5-7,14H,3-4H2,1-2H3. The molecule has 1 N–H and O–H groups in total. The number of phenols is 1. The molecule has 2 rings (SSSR count). The van der Waals surface area contributed by atoms with Crippen LogP contribution in [0.3, 0.4) is 0 Å². The molecule has 0 aliphatic heterocycles. The summed E-state index contributed by atoms with van der Waals surface area (Å²) in [5.74, 6) is 0.174. The van der Waals surface area contributed by atoms with Gasteiger partial charge in [-0.2, -0.15) is 0 Å². The molecule has 3 nitrogen and oxygen atoms in total. The van der Waals surface area contributed by atoms with Gasteiger partial charge in [0.05, 0.1) is 5.39 Å². The van der Waals surface area contributed by atoms with Crippen molar-refractivity contribution in [2.45, 2.75) is 26.7 Å². The van der Waals surface area contributed by atoms with E-state index in [1.165, 1.54) is 0 Å². The molecule has 1 aromatic carbocycles. The van der Waals surface area contributed by atoms with Crippen LogP contribution < -0.4 is 5.63 Å². The van der Waals surface area contributed by atoms with Crippen molar-refractivity contribution in [3.05, 3.63) is 39.7 Å². The lowest BCUT2D eigenvalue weighted by Gasteiger charge is -2.09. The minimum Gasteiger partial charge on any atom is -0.507 e. The number of phenolic OH excluding ortho intramolecular Hbond substituents is 1. The third-order valence-electron chi connectivity index (χ3n) is 2.83. The van der Waals surface area contributed by atoms with Crippen LogP contribution in [0.15, 0.2) is 27.4 Å². The predicted octanol–water partition coefficient (Wildman–Crippen LogP) is 2.62. The van der Waals surface area contributed by atoms with Gasteiger partial charge in [0.1, 0.15) is 11.3 Å². The van der Waals surface area contributed by atoms with Crippen molar-refractivity contribution in [3.63, 3.8) is 0 Å². The van der Waals surface area contributed by atoms with Gasteiger partial charge in [-0.05, 0) is 30.5 Å². The van der Waals surface area contributed by atoms with Gasteiger partial charge in [0.25, 0.3) is 0 Å². The second kappa shape index (κ2) is 4.00. The summed E-state index contributed by atoms with van der Waals surface area (Å²) in [6.45, 7) is 3.89. The van der Waals surface area contributed by atoms with E-state index in [9.17, 15) is 9.90 Å². The summed E-state index contributed by atoms with van der Waals surface area (Å²) < 4.78 is 5.19. The molecule has 0 spiro atoms. The Morgan fingerprint density at radius 3 is 2.50 bits per heavy atom. The highest BCUT2D eigenvalue weighted by molar-refractivity contribution is 5.87. The molecular weight excluding hydrogens is 204 g/mol. The normalized spacial score (nSPS) is 10.9. The zero-order valence-electron chi connectivity index (χ0n) is 9.41. The van der Waals surface area contributed by atoms with Crippen LogP contribution in [0.1, 0.15) is 25.0 Å². The van der Waals surface area contributed by atoms with E-state index in [1.54, 1.807) is 18.2 Å². The van der Waals surface area contributed by atoms with Gasteiger partial charge in [-0.25, -0.2) is 4.79 Å². The number of rotatable bonds is 2. The average molecular weight is 218 g/mol. The molecule has 0 fully saturated rings. The zero-order valence-corrected chi connectivity index (χ0v) is 9.41. The molecule has 0 unspecified atom stereocenters. The van der Waals surface area contributed by atoms with Gasteiger partial charge in [0.2, 0.25) is 0 Å². The molecule has 0 bridgehead atoms. The Morgan fingerprint density at radius 2 is 1.88 bits per heavy atom. The van der Waals surface area contributed by atoms with E-state index in [4.69, 9.17) is 4.42 Å². The zero-order chi connectivity index (χ0) is 11.7. The number of aryl methyl sites for hydroxylation is 1. The minimum absolute atomic E-state index is 0.174. The van der Waals surface area contributed by atoms with Crippen molar-refractivity contribution in [1.82, 2.24) is 0 Å². The average Bonchev–Trinajstić information content (AvgIpc) is 2.27. The molecular formula is C13H14O3. The molecule has 3 heteroatoms. The fraction of sp³-hybridized carbons (Fsp3) is 0.308. The van der Waals surface area contributed by atoms with Crippen LogP contribution in [0, 0.1) is 0 Å². The van der Waals surface area contributed by atoms with Crippen molar-refractivity contribution in [2.75, 3.05) is 0 Å². The van der Waals surface area contributed by atoms with Gasteiger partial charge in [0.15, 0.2) is 0 Å². The summed E-state index contributed by atoms with van der Waals surface area (Å²) in [5.41, 5.74) is 1.72. The number of hydrogen-bond acceptors (Lipinski definition) is 3. The molecule has 0 saturated carbocycles. The maximum atomic E-state index is 11.7. The van der Waals surface area contributed by atoms with Crippen LogP contribution >= 0.6 is 0 Å². The van der Waals surface area contributed by atoms with E-state index in [1.807, 2.05) is 13.8 Å². The number of benzene rings is 1. The molecule has 0 atom stereocenters. The molecule has 84 valence electrons. The highest BCUT2D eigenvalue weighted by atomic mass is 16.4. The molecule has 1 aromatic heterocycles. The van der Waals surface area contributed by atoms with Gasteiger partial charge in [-0.3, -0.25) is 0 Å². The second-order valence-corrected chi connectivity index (χ2v) is 3.70. The van der Waals surface area contributed by atoms with E-state index in [2.05, 4.69) is 0 Å². The first-order chi connectivity index (χ1) is 7.69. The first-order valence-electron chi connectivity index (χ1n) is 5.45. The quantitative estimate of drug-likeness (QED) is 0.788. The third-order valence-corrected chi connectivity index (χ3v) is 2.83. The maximum Gasteiger partial charge on any atom is 0.339 e.